The second-order valence-corrected chi connectivity index (χ2v) is 11.9. The van der Waals surface area contributed by atoms with Crippen LogP contribution in [0.2, 0.25) is 0 Å². The van der Waals surface area contributed by atoms with Crippen molar-refractivity contribution in [2.24, 2.45) is 11.7 Å². The summed E-state index contributed by atoms with van der Waals surface area (Å²) in [5.74, 6) is 0.116. The van der Waals surface area contributed by atoms with Gasteiger partial charge in [-0.3, -0.25) is 14.4 Å². The average molecular weight is 594 g/mol. The highest BCUT2D eigenvalue weighted by Crippen LogP contribution is 2.40. The minimum atomic E-state index is -1.35. The van der Waals surface area contributed by atoms with E-state index in [1.165, 1.54) is 7.11 Å². The molecular weight excluding hydrogens is 550 g/mol. The van der Waals surface area contributed by atoms with Crippen molar-refractivity contribution in [1.29, 1.82) is 0 Å². The van der Waals surface area contributed by atoms with Gasteiger partial charge in [-0.15, -0.1) is 0 Å². The van der Waals surface area contributed by atoms with Gasteiger partial charge in [0.25, 0.3) is 5.91 Å². The quantitative estimate of drug-likeness (QED) is 0.301. The summed E-state index contributed by atoms with van der Waals surface area (Å²) >= 11 is 0. The van der Waals surface area contributed by atoms with Gasteiger partial charge >= 0.3 is 5.97 Å². The molecule has 0 bridgehead atoms. The highest BCUT2D eigenvalue weighted by molar-refractivity contribution is 6.04. The van der Waals surface area contributed by atoms with Crippen LogP contribution in [0.25, 0.3) is 0 Å². The summed E-state index contributed by atoms with van der Waals surface area (Å²) in [6, 6.07) is 4.99. The lowest BCUT2D eigenvalue weighted by Gasteiger charge is -2.43. The number of amides is 2. The standard InChI is InChI=1S/C31H43N7O5/c1-4-23-28(40)37(2)24-18-34-30(36-26(24)38(23)21-11-7-8-12-21)35-22-14-13-19(17-25(22)43-3)27(39)33-16-15-31(32,29(41)42)20-9-5-6-10-20/h13-14,17-18,20-21,23H,4-12,15-16,32H2,1-3H3,(H,33,39)(H,41,42)(H,34,35,36)/t23-,31-/m1/s1. The number of ether oxygens (including phenoxy) is 1. The first-order valence-corrected chi connectivity index (χ1v) is 15.4. The maximum atomic E-state index is 13.2. The number of anilines is 4. The number of likely N-dealkylation sites (N-methyl/N-ethyl adjacent to an activating group) is 1. The van der Waals surface area contributed by atoms with Crippen molar-refractivity contribution in [3.8, 4) is 5.75 Å². The molecule has 2 aliphatic carbocycles. The van der Waals surface area contributed by atoms with E-state index in [1.807, 2.05) is 6.92 Å². The lowest BCUT2D eigenvalue weighted by Crippen LogP contribution is -2.55. The molecule has 1 aromatic carbocycles. The van der Waals surface area contributed by atoms with Crippen LogP contribution in [-0.2, 0) is 9.59 Å². The number of rotatable bonds is 11. The van der Waals surface area contributed by atoms with Gasteiger partial charge in [0.15, 0.2) is 5.82 Å². The van der Waals surface area contributed by atoms with Gasteiger partial charge in [-0.2, -0.15) is 4.98 Å². The Hall–Kier alpha value is -3.93. The molecule has 5 rings (SSSR count). The van der Waals surface area contributed by atoms with Crippen LogP contribution in [0.4, 0.5) is 23.1 Å². The monoisotopic (exact) mass is 593 g/mol. The highest BCUT2D eigenvalue weighted by Gasteiger charge is 2.43. The third-order valence-electron chi connectivity index (χ3n) is 9.43. The van der Waals surface area contributed by atoms with E-state index >= 15 is 0 Å². The summed E-state index contributed by atoms with van der Waals surface area (Å²) in [4.78, 5) is 51.3. The van der Waals surface area contributed by atoms with E-state index in [9.17, 15) is 19.5 Å². The fourth-order valence-electron chi connectivity index (χ4n) is 6.91. The molecular formula is C31H43N7O5. The lowest BCUT2D eigenvalue weighted by atomic mass is 9.80. The summed E-state index contributed by atoms with van der Waals surface area (Å²) in [7, 11) is 3.28. The SMILES string of the molecule is CC[C@@H]1C(=O)N(C)c2cnc(Nc3ccc(C(=O)NCC[C@](N)(C(=O)O)C4CCCC4)cc3OC)nc2N1C1CCCC1. The number of carboxylic acid groups (broad SMARTS) is 1. The Morgan fingerprint density at radius 3 is 2.51 bits per heavy atom. The molecule has 12 heteroatoms. The third-order valence-corrected chi connectivity index (χ3v) is 9.43. The zero-order chi connectivity index (χ0) is 30.7. The molecule has 0 spiro atoms. The Bertz CT molecular complexity index is 1360. The molecule has 2 amide bonds. The molecule has 5 N–H and O–H groups in total. The predicted octanol–water partition coefficient (Wildman–Crippen LogP) is 3.83. The molecule has 2 fully saturated rings. The van der Waals surface area contributed by atoms with Crippen LogP contribution in [0.3, 0.4) is 0 Å². The van der Waals surface area contributed by atoms with Gasteiger partial charge in [-0.25, -0.2) is 4.98 Å². The van der Waals surface area contributed by atoms with Crippen LogP contribution in [0.1, 0.15) is 81.5 Å². The number of nitrogens with zero attached hydrogens (tertiary/aromatic N) is 4. The summed E-state index contributed by atoms with van der Waals surface area (Å²) in [5.41, 5.74) is 6.59. The number of nitrogens with one attached hydrogen (secondary N) is 2. The topological polar surface area (TPSA) is 163 Å². The largest absolute Gasteiger partial charge is 0.495 e. The van der Waals surface area contributed by atoms with E-state index in [2.05, 4.69) is 20.5 Å². The van der Waals surface area contributed by atoms with E-state index in [0.29, 0.717) is 35.1 Å². The van der Waals surface area contributed by atoms with Crippen molar-refractivity contribution < 1.29 is 24.2 Å². The fraction of sp³-hybridized carbons (Fsp3) is 0.581. The molecule has 43 heavy (non-hydrogen) atoms. The lowest BCUT2D eigenvalue weighted by molar-refractivity contribution is -0.146. The van der Waals surface area contributed by atoms with E-state index in [1.54, 1.807) is 36.3 Å². The van der Waals surface area contributed by atoms with Crippen LogP contribution in [0.15, 0.2) is 24.4 Å². The maximum Gasteiger partial charge on any atom is 0.324 e. The summed E-state index contributed by atoms with van der Waals surface area (Å²) in [5, 5.41) is 15.8. The van der Waals surface area contributed by atoms with Crippen molar-refractivity contribution in [2.75, 3.05) is 35.8 Å². The van der Waals surface area contributed by atoms with Gasteiger partial charge in [-0.1, -0.05) is 32.6 Å². The second kappa shape index (κ2) is 12.7. The third kappa shape index (κ3) is 5.97. The Morgan fingerprint density at radius 2 is 1.86 bits per heavy atom. The zero-order valence-electron chi connectivity index (χ0n) is 25.3. The minimum Gasteiger partial charge on any atom is -0.495 e. The second-order valence-electron chi connectivity index (χ2n) is 11.9. The number of hydrogen-bond acceptors (Lipinski definition) is 9. The molecule has 0 unspecified atom stereocenters. The average Bonchev–Trinajstić information content (AvgIpc) is 3.74. The van der Waals surface area contributed by atoms with Crippen molar-refractivity contribution in [3.05, 3.63) is 30.0 Å². The summed E-state index contributed by atoms with van der Waals surface area (Å²) in [6.07, 6.45) is 10.4. The van der Waals surface area contributed by atoms with Crippen LogP contribution in [0, 0.1) is 5.92 Å². The molecule has 1 aliphatic heterocycles. The van der Waals surface area contributed by atoms with E-state index in [4.69, 9.17) is 15.5 Å². The van der Waals surface area contributed by atoms with Gasteiger partial charge in [0.2, 0.25) is 11.9 Å². The number of nitrogens with two attached hydrogens (primary N) is 1. The van der Waals surface area contributed by atoms with E-state index in [-0.39, 0.29) is 42.8 Å². The van der Waals surface area contributed by atoms with Gasteiger partial charge in [-0.05, 0) is 62.6 Å². The number of aromatic nitrogens is 2. The Labute approximate surface area is 252 Å². The molecule has 0 saturated heterocycles. The number of benzene rings is 1. The first kappa shape index (κ1) is 30.5. The van der Waals surface area contributed by atoms with E-state index < -0.39 is 11.5 Å². The molecule has 1 aromatic heterocycles. The van der Waals surface area contributed by atoms with Gasteiger partial charge in [0.05, 0.1) is 19.0 Å². The molecule has 0 radical (unpaired) electrons. The highest BCUT2D eigenvalue weighted by atomic mass is 16.5. The van der Waals surface area contributed by atoms with Crippen molar-refractivity contribution in [1.82, 2.24) is 15.3 Å². The van der Waals surface area contributed by atoms with E-state index in [0.717, 1.165) is 57.2 Å². The Kier molecular flexibility index (Phi) is 9.05. The molecule has 12 nitrogen and oxygen atoms in total. The van der Waals surface area contributed by atoms with Gasteiger partial charge < -0.3 is 36.0 Å². The van der Waals surface area contributed by atoms with Crippen LogP contribution < -0.4 is 30.9 Å². The minimum absolute atomic E-state index is 0.0559. The Morgan fingerprint density at radius 1 is 1.16 bits per heavy atom. The molecule has 2 saturated carbocycles. The molecule has 232 valence electrons. The number of aliphatic carboxylic acids is 1. The molecule has 3 aliphatic rings. The van der Waals surface area contributed by atoms with Gasteiger partial charge in [0, 0.05) is 25.2 Å². The predicted molar refractivity (Wildman–Crippen MR) is 164 cm³/mol. The summed E-state index contributed by atoms with van der Waals surface area (Å²) in [6.45, 7) is 2.18. The van der Waals surface area contributed by atoms with Crippen LogP contribution in [0.5, 0.6) is 5.75 Å². The number of methoxy groups -OCH3 is 1. The zero-order valence-corrected chi connectivity index (χ0v) is 25.3. The number of hydrogen-bond donors (Lipinski definition) is 4. The Balaban J connectivity index is 1.31. The summed E-state index contributed by atoms with van der Waals surface area (Å²) < 4.78 is 5.59. The number of carboxylic acids is 1. The first-order valence-electron chi connectivity index (χ1n) is 15.4. The number of fused-ring (bicyclic) bond motifs is 1. The normalized spacial score (nSPS) is 20.6. The molecule has 2 heterocycles. The number of carbonyl (C=O) groups excluding carboxylic acids is 2. The number of carbonyl (C=O) groups is 3. The first-order chi connectivity index (χ1) is 20.7. The van der Waals surface area contributed by atoms with Gasteiger partial charge in [0.1, 0.15) is 23.0 Å². The fourth-order valence-corrected chi connectivity index (χ4v) is 6.91. The van der Waals surface area contributed by atoms with Crippen LogP contribution in [-0.4, -0.2) is 71.2 Å². The van der Waals surface area contributed by atoms with Crippen molar-refractivity contribution in [3.63, 3.8) is 0 Å². The van der Waals surface area contributed by atoms with Crippen molar-refractivity contribution >= 4 is 40.9 Å². The van der Waals surface area contributed by atoms with Crippen molar-refractivity contribution in [2.45, 2.75) is 88.8 Å². The molecule has 2 aromatic rings. The van der Waals surface area contributed by atoms with Crippen LogP contribution >= 0.6 is 0 Å². The molecule has 2 atom stereocenters. The smallest absolute Gasteiger partial charge is 0.324 e. The maximum absolute atomic E-state index is 13.2.